The minimum absolute atomic E-state index is 0.0131. The van der Waals surface area contributed by atoms with E-state index in [0.717, 1.165) is 19.5 Å². The van der Waals surface area contributed by atoms with E-state index in [4.69, 9.17) is 9.47 Å². The second kappa shape index (κ2) is 5.65. The van der Waals surface area contributed by atoms with Gasteiger partial charge in [-0.05, 0) is 19.9 Å². The molecule has 0 aliphatic carbocycles. The quantitative estimate of drug-likeness (QED) is 0.738. The summed E-state index contributed by atoms with van der Waals surface area (Å²) in [7, 11) is 1.68. The molecule has 21 heavy (non-hydrogen) atoms. The Morgan fingerprint density at radius 2 is 2.14 bits per heavy atom. The Bertz CT molecular complexity index is 491. The fraction of sp³-hybridized carbons (Fsp3) is 0.714. The second-order valence-corrected chi connectivity index (χ2v) is 5.61. The topological polar surface area (TPSA) is 71.1 Å². The molecule has 2 unspecified atom stereocenters. The highest BCUT2D eigenvalue weighted by molar-refractivity contribution is 5.92. The number of urea groups is 1. The Morgan fingerprint density at radius 1 is 1.33 bits per heavy atom. The van der Waals surface area contributed by atoms with E-state index in [0.29, 0.717) is 24.4 Å². The van der Waals surface area contributed by atoms with Gasteiger partial charge in [-0.15, -0.1) is 0 Å². The largest absolute Gasteiger partial charge is 0.456 e. The minimum Gasteiger partial charge on any atom is -0.456 e. The molecule has 2 amide bonds. The summed E-state index contributed by atoms with van der Waals surface area (Å²) in [4.78, 5) is 27.7. The molecule has 1 N–H and O–H groups in total. The van der Waals surface area contributed by atoms with Gasteiger partial charge in [0.2, 0.25) is 0 Å². The number of amides is 2. The monoisotopic (exact) mass is 295 g/mol. The summed E-state index contributed by atoms with van der Waals surface area (Å²) >= 11 is 0. The Morgan fingerprint density at radius 3 is 2.81 bits per heavy atom. The van der Waals surface area contributed by atoms with Crippen molar-refractivity contribution in [2.24, 2.45) is 0 Å². The molecule has 0 radical (unpaired) electrons. The number of nitrogens with one attached hydrogen (secondary N) is 1. The van der Waals surface area contributed by atoms with Crippen molar-refractivity contribution < 1.29 is 19.1 Å². The van der Waals surface area contributed by atoms with Gasteiger partial charge in [0.25, 0.3) is 0 Å². The Kier molecular flexibility index (Phi) is 3.86. The van der Waals surface area contributed by atoms with E-state index in [1.54, 1.807) is 18.9 Å². The van der Waals surface area contributed by atoms with Crippen molar-refractivity contribution in [2.45, 2.75) is 25.5 Å². The molecule has 116 valence electrons. The van der Waals surface area contributed by atoms with Crippen LogP contribution in [0.1, 0.15) is 13.3 Å². The van der Waals surface area contributed by atoms with Crippen LogP contribution in [0.3, 0.4) is 0 Å². The summed E-state index contributed by atoms with van der Waals surface area (Å²) in [6.45, 7) is 4.82. The first kappa shape index (κ1) is 14.3. The fourth-order valence-corrected chi connectivity index (χ4v) is 3.27. The number of hydrogen-bond donors (Lipinski definition) is 1. The number of carbonyl (C=O) groups is 2. The lowest BCUT2D eigenvalue weighted by Gasteiger charge is -2.37. The number of carbonyl (C=O) groups excluding carboxylic acids is 2. The number of nitrogens with zero attached hydrogens (tertiary/aromatic N) is 2. The lowest BCUT2D eigenvalue weighted by Crippen LogP contribution is -2.54. The van der Waals surface area contributed by atoms with Crippen LogP contribution in [0.15, 0.2) is 11.3 Å². The molecule has 3 heterocycles. The predicted octanol–water partition coefficient (Wildman–Crippen LogP) is -0.0683. The van der Waals surface area contributed by atoms with Crippen LogP contribution in [0.4, 0.5) is 4.79 Å². The van der Waals surface area contributed by atoms with Gasteiger partial charge in [0.05, 0.1) is 23.4 Å². The van der Waals surface area contributed by atoms with Gasteiger partial charge in [-0.2, -0.15) is 0 Å². The highest BCUT2D eigenvalue weighted by Gasteiger charge is 2.41. The molecule has 2 atom stereocenters. The molecule has 2 saturated heterocycles. The van der Waals surface area contributed by atoms with E-state index >= 15 is 0 Å². The second-order valence-electron chi connectivity index (χ2n) is 5.61. The molecule has 0 saturated carbocycles. The lowest BCUT2D eigenvalue weighted by molar-refractivity contribution is -0.136. The number of cyclic esters (lactones) is 1. The summed E-state index contributed by atoms with van der Waals surface area (Å²) in [6.07, 6.45) is 0.894. The van der Waals surface area contributed by atoms with Gasteiger partial charge in [-0.25, -0.2) is 9.59 Å². The molecule has 0 bridgehead atoms. The zero-order valence-electron chi connectivity index (χ0n) is 12.4. The normalized spacial score (nSPS) is 30.4. The van der Waals surface area contributed by atoms with E-state index in [-0.39, 0.29) is 30.8 Å². The average molecular weight is 295 g/mol. The standard InChI is InChI=1S/C14H21N3O4/c1-9-11(8-21-13(9)18)17-6-5-16(14(17)19)10-3-4-15-7-12(10)20-2/h10,12,15H,3-8H2,1-2H3. The number of methoxy groups -OCH3 is 1. The minimum atomic E-state index is -0.326. The molecule has 7 nitrogen and oxygen atoms in total. The van der Waals surface area contributed by atoms with Crippen LogP contribution in [0.5, 0.6) is 0 Å². The molecular formula is C14H21N3O4. The summed E-state index contributed by atoms with van der Waals surface area (Å²) in [5, 5.41) is 3.28. The molecule has 0 spiro atoms. The molecule has 2 fully saturated rings. The van der Waals surface area contributed by atoms with E-state index in [2.05, 4.69) is 5.32 Å². The third kappa shape index (κ3) is 2.40. The molecule has 0 aromatic rings. The molecule has 3 rings (SSSR count). The lowest BCUT2D eigenvalue weighted by atomic mass is 10.0. The first-order chi connectivity index (χ1) is 10.1. The molecular weight excluding hydrogens is 274 g/mol. The van der Waals surface area contributed by atoms with Gasteiger partial charge in [-0.1, -0.05) is 0 Å². The number of rotatable bonds is 3. The van der Waals surface area contributed by atoms with Gasteiger partial charge in [0, 0.05) is 26.7 Å². The fourth-order valence-electron chi connectivity index (χ4n) is 3.27. The summed E-state index contributed by atoms with van der Waals surface area (Å²) in [6, 6.07) is 0.0456. The van der Waals surface area contributed by atoms with E-state index < -0.39 is 0 Å². The van der Waals surface area contributed by atoms with Crippen molar-refractivity contribution in [1.82, 2.24) is 15.1 Å². The maximum atomic E-state index is 12.7. The van der Waals surface area contributed by atoms with Crippen LogP contribution in [-0.2, 0) is 14.3 Å². The first-order valence-electron chi connectivity index (χ1n) is 7.32. The van der Waals surface area contributed by atoms with E-state index in [1.165, 1.54) is 0 Å². The summed E-state index contributed by atoms with van der Waals surface area (Å²) < 4.78 is 10.5. The van der Waals surface area contributed by atoms with Crippen LogP contribution in [0, 0.1) is 0 Å². The van der Waals surface area contributed by atoms with Crippen molar-refractivity contribution in [3.63, 3.8) is 0 Å². The summed E-state index contributed by atoms with van der Waals surface area (Å²) in [5.41, 5.74) is 1.24. The highest BCUT2D eigenvalue weighted by Crippen LogP contribution is 2.27. The van der Waals surface area contributed by atoms with Crippen LogP contribution in [0.25, 0.3) is 0 Å². The molecule has 3 aliphatic heterocycles. The van der Waals surface area contributed by atoms with Gasteiger partial charge in [0.1, 0.15) is 6.61 Å². The third-order valence-corrected chi connectivity index (χ3v) is 4.54. The van der Waals surface area contributed by atoms with E-state index in [9.17, 15) is 9.59 Å². The average Bonchev–Trinajstić information content (AvgIpc) is 3.03. The SMILES string of the molecule is COC1CNCCC1N1CCN(C2=C(C)C(=O)OC2)C1=O. The van der Waals surface area contributed by atoms with Crippen molar-refractivity contribution >= 4 is 12.0 Å². The highest BCUT2D eigenvalue weighted by atomic mass is 16.5. The van der Waals surface area contributed by atoms with Crippen molar-refractivity contribution in [3.05, 3.63) is 11.3 Å². The number of hydrogen-bond acceptors (Lipinski definition) is 5. The zero-order chi connectivity index (χ0) is 15.0. The van der Waals surface area contributed by atoms with Gasteiger partial charge < -0.3 is 19.7 Å². The van der Waals surface area contributed by atoms with Gasteiger partial charge in [0.15, 0.2) is 0 Å². The molecule has 3 aliphatic rings. The van der Waals surface area contributed by atoms with Crippen molar-refractivity contribution in [2.75, 3.05) is 39.9 Å². The molecule has 0 aromatic heterocycles. The van der Waals surface area contributed by atoms with Crippen LogP contribution in [-0.4, -0.2) is 73.8 Å². The van der Waals surface area contributed by atoms with E-state index in [1.807, 2.05) is 4.90 Å². The van der Waals surface area contributed by atoms with Gasteiger partial charge in [-0.3, -0.25) is 4.90 Å². The maximum absolute atomic E-state index is 12.7. The predicted molar refractivity (Wildman–Crippen MR) is 74.5 cm³/mol. The molecule has 0 aromatic carbocycles. The number of piperidine rings is 1. The zero-order valence-corrected chi connectivity index (χ0v) is 12.4. The van der Waals surface area contributed by atoms with Crippen LogP contribution < -0.4 is 5.32 Å². The Labute approximate surface area is 123 Å². The van der Waals surface area contributed by atoms with Crippen LogP contribution in [0.2, 0.25) is 0 Å². The van der Waals surface area contributed by atoms with Crippen LogP contribution >= 0.6 is 0 Å². The number of esters is 1. The third-order valence-electron chi connectivity index (χ3n) is 4.54. The Balaban J connectivity index is 1.76. The van der Waals surface area contributed by atoms with Crippen molar-refractivity contribution in [3.8, 4) is 0 Å². The first-order valence-corrected chi connectivity index (χ1v) is 7.32. The maximum Gasteiger partial charge on any atom is 0.336 e. The van der Waals surface area contributed by atoms with Crippen molar-refractivity contribution in [1.29, 1.82) is 0 Å². The Hall–Kier alpha value is -1.60. The van der Waals surface area contributed by atoms with Gasteiger partial charge >= 0.3 is 12.0 Å². The smallest absolute Gasteiger partial charge is 0.336 e. The molecule has 7 heteroatoms. The number of ether oxygens (including phenoxy) is 2. The summed E-state index contributed by atoms with van der Waals surface area (Å²) in [5.74, 6) is -0.326.